The number of benzene rings is 2. The molecule has 0 aliphatic rings. The fourth-order valence-corrected chi connectivity index (χ4v) is 2.53. The fraction of sp³-hybridized carbons (Fsp3) is 0.0526. The number of nitrogens with two attached hydrogens (primary N) is 1. The number of nitriles is 1. The van der Waals surface area contributed by atoms with Gasteiger partial charge in [0.25, 0.3) is 0 Å². The van der Waals surface area contributed by atoms with Crippen molar-refractivity contribution < 1.29 is 0 Å². The monoisotopic (exact) mass is 285 g/mol. The molecular weight excluding hydrogens is 270 g/mol. The van der Waals surface area contributed by atoms with E-state index in [0.717, 1.165) is 27.9 Å². The molecule has 0 amide bonds. The third-order valence-electron chi connectivity index (χ3n) is 3.67. The Morgan fingerprint density at radius 1 is 0.955 bits per heavy atom. The number of nitrogen functional groups attached to an aromatic ring is 1. The molecule has 3 aromatic rings. The molecule has 0 saturated heterocycles. The summed E-state index contributed by atoms with van der Waals surface area (Å²) in [6, 6.07) is 21.9. The molecule has 3 heteroatoms. The number of hydrogen-bond acceptors (Lipinski definition) is 3. The largest absolute Gasteiger partial charge is 0.383 e. The molecule has 3 rings (SSSR count). The summed E-state index contributed by atoms with van der Waals surface area (Å²) in [6.45, 7) is 2.04. The molecule has 0 saturated carbocycles. The van der Waals surface area contributed by atoms with Crippen LogP contribution in [0.25, 0.3) is 22.4 Å². The summed E-state index contributed by atoms with van der Waals surface area (Å²) in [7, 11) is 0. The lowest BCUT2D eigenvalue weighted by molar-refractivity contribution is 1.29. The second-order valence-electron chi connectivity index (χ2n) is 5.11. The zero-order chi connectivity index (χ0) is 15.5. The Balaban J connectivity index is 2.27. The molecule has 22 heavy (non-hydrogen) atoms. The van der Waals surface area contributed by atoms with Crippen LogP contribution in [0.15, 0.2) is 60.7 Å². The number of aromatic nitrogens is 1. The van der Waals surface area contributed by atoms with Gasteiger partial charge in [0.15, 0.2) is 0 Å². The van der Waals surface area contributed by atoms with E-state index in [0.29, 0.717) is 5.56 Å². The van der Waals surface area contributed by atoms with Gasteiger partial charge in [0.1, 0.15) is 17.5 Å². The van der Waals surface area contributed by atoms with Gasteiger partial charge in [-0.05, 0) is 24.1 Å². The average molecular weight is 285 g/mol. The summed E-state index contributed by atoms with van der Waals surface area (Å²) in [4.78, 5) is 4.42. The van der Waals surface area contributed by atoms with Crippen LogP contribution in [0.1, 0.15) is 11.1 Å². The van der Waals surface area contributed by atoms with Crippen LogP contribution < -0.4 is 5.73 Å². The van der Waals surface area contributed by atoms with Gasteiger partial charge >= 0.3 is 0 Å². The van der Waals surface area contributed by atoms with Crippen LogP contribution in [0.2, 0.25) is 0 Å². The van der Waals surface area contributed by atoms with E-state index in [9.17, 15) is 5.26 Å². The van der Waals surface area contributed by atoms with Gasteiger partial charge in [-0.25, -0.2) is 4.98 Å². The predicted molar refractivity (Wildman–Crippen MR) is 89.0 cm³/mol. The molecule has 0 aliphatic heterocycles. The van der Waals surface area contributed by atoms with Gasteiger partial charge in [0.2, 0.25) is 0 Å². The number of pyridine rings is 1. The highest BCUT2D eigenvalue weighted by atomic mass is 14.8. The van der Waals surface area contributed by atoms with Gasteiger partial charge in [-0.3, -0.25) is 0 Å². The Morgan fingerprint density at radius 3 is 2.32 bits per heavy atom. The quantitative estimate of drug-likeness (QED) is 0.768. The second kappa shape index (κ2) is 5.71. The minimum atomic E-state index is 0.266. The van der Waals surface area contributed by atoms with Crippen molar-refractivity contribution in [3.05, 3.63) is 71.8 Å². The molecule has 1 aromatic heterocycles. The van der Waals surface area contributed by atoms with E-state index >= 15 is 0 Å². The highest BCUT2D eigenvalue weighted by molar-refractivity contribution is 5.80. The lowest BCUT2D eigenvalue weighted by atomic mass is 9.97. The minimum absolute atomic E-state index is 0.266. The first-order valence-corrected chi connectivity index (χ1v) is 7.02. The Hall–Kier alpha value is -3.12. The molecule has 3 nitrogen and oxygen atoms in total. The number of hydrogen-bond donors (Lipinski definition) is 1. The van der Waals surface area contributed by atoms with Crippen LogP contribution in [-0.4, -0.2) is 4.98 Å². The van der Waals surface area contributed by atoms with Crippen molar-refractivity contribution >= 4 is 5.82 Å². The van der Waals surface area contributed by atoms with Crippen LogP contribution in [0, 0.1) is 18.3 Å². The molecule has 2 aromatic carbocycles. The molecule has 0 spiro atoms. The van der Waals surface area contributed by atoms with Gasteiger partial charge < -0.3 is 5.73 Å². The molecule has 0 radical (unpaired) electrons. The maximum atomic E-state index is 9.41. The van der Waals surface area contributed by atoms with Crippen LogP contribution in [0.4, 0.5) is 5.82 Å². The summed E-state index contributed by atoms with van der Waals surface area (Å²) >= 11 is 0. The van der Waals surface area contributed by atoms with Crippen LogP contribution >= 0.6 is 0 Å². The van der Waals surface area contributed by atoms with Crippen molar-refractivity contribution in [1.82, 2.24) is 4.98 Å². The van der Waals surface area contributed by atoms with Crippen LogP contribution in [0.5, 0.6) is 0 Å². The Morgan fingerprint density at radius 2 is 1.64 bits per heavy atom. The molecular formula is C19H15N3. The number of anilines is 1. The molecule has 0 unspecified atom stereocenters. The zero-order valence-corrected chi connectivity index (χ0v) is 12.2. The molecule has 0 atom stereocenters. The summed E-state index contributed by atoms with van der Waals surface area (Å²) in [5.74, 6) is 0.266. The lowest BCUT2D eigenvalue weighted by Gasteiger charge is -2.11. The van der Waals surface area contributed by atoms with Crippen LogP contribution in [0.3, 0.4) is 0 Å². The first kappa shape index (κ1) is 13.8. The zero-order valence-electron chi connectivity index (χ0n) is 12.2. The summed E-state index contributed by atoms with van der Waals surface area (Å²) in [5, 5.41) is 9.41. The van der Waals surface area contributed by atoms with E-state index in [-0.39, 0.29) is 5.82 Å². The number of rotatable bonds is 2. The lowest BCUT2D eigenvalue weighted by Crippen LogP contribution is -2.00. The Labute approximate surface area is 129 Å². The second-order valence-corrected chi connectivity index (χ2v) is 5.11. The normalized spacial score (nSPS) is 10.2. The highest BCUT2D eigenvalue weighted by Crippen LogP contribution is 2.31. The number of aryl methyl sites for hydroxylation is 1. The SMILES string of the molecule is Cc1ccccc1-c1cc(-c2ccccc2)c(C#N)c(N)n1. The van der Waals surface area contributed by atoms with Crippen molar-refractivity contribution in [3.63, 3.8) is 0 Å². The molecule has 0 bridgehead atoms. The van der Waals surface area contributed by atoms with Crippen molar-refractivity contribution in [2.45, 2.75) is 6.92 Å². The average Bonchev–Trinajstić information content (AvgIpc) is 2.55. The molecule has 0 fully saturated rings. The van der Waals surface area contributed by atoms with E-state index in [1.54, 1.807) is 0 Å². The maximum absolute atomic E-state index is 9.41. The molecule has 2 N–H and O–H groups in total. The van der Waals surface area contributed by atoms with Gasteiger partial charge in [-0.2, -0.15) is 5.26 Å². The van der Waals surface area contributed by atoms with Gasteiger partial charge in [0.05, 0.1) is 5.69 Å². The smallest absolute Gasteiger partial charge is 0.142 e. The van der Waals surface area contributed by atoms with E-state index < -0.39 is 0 Å². The standard InChI is InChI=1S/C19H15N3/c1-13-7-5-6-10-15(13)18-11-16(14-8-3-2-4-9-14)17(12-20)19(21)22-18/h2-11H,1H3,(H2,21,22). The summed E-state index contributed by atoms with van der Waals surface area (Å²) in [5.41, 5.74) is 11.2. The van der Waals surface area contributed by atoms with Crippen molar-refractivity contribution in [2.24, 2.45) is 0 Å². The van der Waals surface area contributed by atoms with E-state index in [1.165, 1.54) is 0 Å². The maximum Gasteiger partial charge on any atom is 0.142 e. The first-order valence-electron chi connectivity index (χ1n) is 7.02. The van der Waals surface area contributed by atoms with Gasteiger partial charge in [-0.15, -0.1) is 0 Å². The van der Waals surface area contributed by atoms with Gasteiger partial charge in [0, 0.05) is 11.1 Å². The van der Waals surface area contributed by atoms with E-state index in [1.807, 2.05) is 67.6 Å². The third-order valence-corrected chi connectivity index (χ3v) is 3.67. The van der Waals surface area contributed by atoms with Crippen molar-refractivity contribution in [3.8, 4) is 28.5 Å². The molecule has 106 valence electrons. The predicted octanol–water partition coefficient (Wildman–Crippen LogP) is 4.18. The van der Waals surface area contributed by atoms with E-state index in [4.69, 9.17) is 5.73 Å². The third kappa shape index (κ3) is 2.43. The Bertz CT molecular complexity index is 862. The molecule has 1 heterocycles. The summed E-state index contributed by atoms with van der Waals surface area (Å²) in [6.07, 6.45) is 0. The van der Waals surface area contributed by atoms with Crippen molar-refractivity contribution in [1.29, 1.82) is 5.26 Å². The fourth-order valence-electron chi connectivity index (χ4n) is 2.53. The van der Waals surface area contributed by atoms with E-state index in [2.05, 4.69) is 11.1 Å². The van der Waals surface area contributed by atoms with Crippen LogP contribution in [-0.2, 0) is 0 Å². The summed E-state index contributed by atoms with van der Waals surface area (Å²) < 4.78 is 0. The minimum Gasteiger partial charge on any atom is -0.383 e. The first-order chi connectivity index (χ1) is 10.7. The number of nitrogens with zero attached hydrogens (tertiary/aromatic N) is 2. The Kier molecular flexibility index (Phi) is 3.59. The van der Waals surface area contributed by atoms with Gasteiger partial charge in [-0.1, -0.05) is 54.6 Å². The van der Waals surface area contributed by atoms with Crippen molar-refractivity contribution in [2.75, 3.05) is 5.73 Å². The molecule has 0 aliphatic carbocycles. The highest BCUT2D eigenvalue weighted by Gasteiger charge is 2.13. The topological polar surface area (TPSA) is 62.7 Å².